The maximum Gasteiger partial charge on any atom is 0.251 e. The molecule has 2 atom stereocenters. The van der Waals surface area contributed by atoms with Gasteiger partial charge in [-0.3, -0.25) is 9.69 Å². The van der Waals surface area contributed by atoms with Crippen LogP contribution < -0.4 is 10.1 Å². The summed E-state index contributed by atoms with van der Waals surface area (Å²) in [6.45, 7) is 15.5. The maximum atomic E-state index is 12.6. The summed E-state index contributed by atoms with van der Waals surface area (Å²) >= 11 is 0. The van der Waals surface area contributed by atoms with Gasteiger partial charge in [-0.2, -0.15) is 0 Å². The van der Waals surface area contributed by atoms with Crippen LogP contribution in [0.1, 0.15) is 58.9 Å². The zero-order valence-electron chi connectivity index (χ0n) is 19.3. The molecule has 1 unspecified atom stereocenters. The van der Waals surface area contributed by atoms with Gasteiger partial charge < -0.3 is 10.1 Å². The number of hydrogen-bond acceptors (Lipinski definition) is 3. The highest BCUT2D eigenvalue weighted by molar-refractivity contribution is 5.94. The Kier molecular flexibility index (Phi) is 8.67. The second-order valence-corrected chi connectivity index (χ2v) is 8.31. The van der Waals surface area contributed by atoms with Crippen LogP contribution in [0.15, 0.2) is 49.1 Å². The van der Waals surface area contributed by atoms with Gasteiger partial charge in [0.25, 0.3) is 5.91 Å². The van der Waals surface area contributed by atoms with Gasteiger partial charge in [-0.15, -0.1) is 0 Å². The average molecular weight is 409 g/mol. The summed E-state index contributed by atoms with van der Waals surface area (Å²) in [6.07, 6.45) is 2.64. The number of carbonyl (C=O) groups excluding carboxylic acids is 1. The maximum absolute atomic E-state index is 12.6. The monoisotopic (exact) mass is 408 g/mol. The molecular formula is C26H36N2O2. The molecule has 0 saturated heterocycles. The largest absolute Gasteiger partial charge is 0.490 e. The van der Waals surface area contributed by atoms with Crippen molar-refractivity contribution in [2.75, 3.05) is 20.2 Å². The normalized spacial score (nSPS) is 13.0. The van der Waals surface area contributed by atoms with Crippen LogP contribution in [0, 0.1) is 20.8 Å². The first-order valence-electron chi connectivity index (χ1n) is 10.6. The summed E-state index contributed by atoms with van der Waals surface area (Å²) in [7, 11) is 2.13. The van der Waals surface area contributed by atoms with Gasteiger partial charge in [0.05, 0.1) is 0 Å². The van der Waals surface area contributed by atoms with Gasteiger partial charge in [0.2, 0.25) is 0 Å². The Labute approximate surface area is 181 Å². The molecule has 0 bridgehead atoms. The van der Waals surface area contributed by atoms with E-state index in [0.717, 1.165) is 35.4 Å². The quantitative estimate of drug-likeness (QED) is 0.537. The lowest BCUT2D eigenvalue weighted by Crippen LogP contribution is -2.36. The van der Waals surface area contributed by atoms with E-state index in [9.17, 15) is 4.79 Å². The third kappa shape index (κ3) is 6.74. The predicted octanol–water partition coefficient (Wildman–Crippen LogP) is 5.38. The Morgan fingerprint density at radius 3 is 2.40 bits per heavy atom. The minimum Gasteiger partial charge on any atom is -0.490 e. The van der Waals surface area contributed by atoms with E-state index in [0.29, 0.717) is 6.61 Å². The Morgan fingerprint density at radius 1 is 1.13 bits per heavy atom. The molecular weight excluding hydrogens is 372 g/mol. The van der Waals surface area contributed by atoms with E-state index in [1.807, 2.05) is 32.0 Å². The van der Waals surface area contributed by atoms with Gasteiger partial charge in [-0.1, -0.05) is 35.9 Å². The van der Waals surface area contributed by atoms with Crippen LogP contribution in [0.2, 0.25) is 0 Å². The molecule has 0 aliphatic carbocycles. The smallest absolute Gasteiger partial charge is 0.251 e. The van der Waals surface area contributed by atoms with Crippen LogP contribution in [0.5, 0.6) is 5.75 Å². The van der Waals surface area contributed by atoms with E-state index in [1.165, 1.54) is 11.1 Å². The summed E-state index contributed by atoms with van der Waals surface area (Å²) in [5, 5.41) is 3.13. The van der Waals surface area contributed by atoms with Crippen molar-refractivity contribution in [1.82, 2.24) is 10.2 Å². The summed E-state index contributed by atoms with van der Waals surface area (Å²) in [5.74, 6) is 0.865. The van der Waals surface area contributed by atoms with E-state index in [-0.39, 0.29) is 18.0 Å². The van der Waals surface area contributed by atoms with E-state index in [1.54, 1.807) is 6.08 Å². The number of aryl methyl sites for hydroxylation is 3. The first-order valence-corrected chi connectivity index (χ1v) is 10.6. The first-order chi connectivity index (χ1) is 14.2. The number of benzene rings is 2. The van der Waals surface area contributed by atoms with E-state index >= 15 is 0 Å². The fourth-order valence-corrected chi connectivity index (χ4v) is 3.68. The molecule has 162 valence electrons. The lowest BCUT2D eigenvalue weighted by Gasteiger charge is -2.28. The molecule has 2 aromatic carbocycles. The zero-order chi connectivity index (χ0) is 22.3. The lowest BCUT2D eigenvalue weighted by molar-refractivity contribution is 0.0935. The molecule has 0 spiro atoms. The number of amides is 1. The van der Waals surface area contributed by atoms with Crippen molar-refractivity contribution >= 4 is 5.91 Å². The van der Waals surface area contributed by atoms with E-state index < -0.39 is 0 Å². The van der Waals surface area contributed by atoms with Crippen LogP contribution in [0.4, 0.5) is 0 Å². The molecule has 30 heavy (non-hydrogen) atoms. The molecule has 0 aliphatic rings. The topological polar surface area (TPSA) is 41.6 Å². The molecule has 0 fully saturated rings. The van der Waals surface area contributed by atoms with Crippen molar-refractivity contribution in [3.05, 3.63) is 76.9 Å². The Balaban J connectivity index is 1.90. The van der Waals surface area contributed by atoms with Crippen LogP contribution in [0.25, 0.3) is 0 Å². The van der Waals surface area contributed by atoms with Crippen molar-refractivity contribution in [3.8, 4) is 5.75 Å². The molecule has 2 rings (SSSR count). The minimum absolute atomic E-state index is 0.00374. The average Bonchev–Trinajstić information content (AvgIpc) is 2.69. The summed E-state index contributed by atoms with van der Waals surface area (Å²) in [5.41, 5.74) is 5.45. The fraction of sp³-hybridized carbons (Fsp3) is 0.423. The van der Waals surface area contributed by atoms with Gasteiger partial charge in [0.15, 0.2) is 0 Å². The predicted molar refractivity (Wildman–Crippen MR) is 125 cm³/mol. The van der Waals surface area contributed by atoms with Gasteiger partial charge >= 0.3 is 0 Å². The van der Waals surface area contributed by atoms with E-state index in [4.69, 9.17) is 4.74 Å². The molecule has 1 N–H and O–H groups in total. The number of nitrogens with zero attached hydrogens (tertiary/aromatic N) is 1. The Hall–Kier alpha value is -2.59. The highest BCUT2D eigenvalue weighted by Crippen LogP contribution is 2.26. The molecule has 2 aromatic rings. The van der Waals surface area contributed by atoms with Crippen molar-refractivity contribution in [1.29, 1.82) is 0 Å². The molecule has 0 aliphatic heterocycles. The van der Waals surface area contributed by atoms with Crippen molar-refractivity contribution in [3.63, 3.8) is 0 Å². The van der Waals surface area contributed by atoms with Crippen molar-refractivity contribution in [2.45, 2.75) is 53.1 Å². The SMILES string of the molecule is C=CCOc1ccc(C(C)N(C)CC[C@H](C)NC(=O)c2cc(C)cc(C)c2)c(C)c1. The molecule has 0 aromatic heterocycles. The number of hydrogen-bond donors (Lipinski definition) is 1. The molecule has 0 radical (unpaired) electrons. The highest BCUT2D eigenvalue weighted by atomic mass is 16.5. The Bertz CT molecular complexity index is 855. The van der Waals surface area contributed by atoms with Crippen molar-refractivity contribution < 1.29 is 9.53 Å². The summed E-state index contributed by atoms with van der Waals surface area (Å²) in [4.78, 5) is 14.9. The van der Waals surface area contributed by atoms with E-state index in [2.05, 4.69) is 62.8 Å². The van der Waals surface area contributed by atoms with Gasteiger partial charge in [0, 0.05) is 24.2 Å². The molecule has 1 amide bonds. The number of rotatable bonds is 10. The third-order valence-electron chi connectivity index (χ3n) is 5.50. The van der Waals surface area contributed by atoms with Gasteiger partial charge in [-0.25, -0.2) is 0 Å². The van der Waals surface area contributed by atoms with Crippen LogP contribution in [-0.4, -0.2) is 37.0 Å². The minimum atomic E-state index is -0.00374. The molecule has 4 nitrogen and oxygen atoms in total. The summed E-state index contributed by atoms with van der Waals surface area (Å²) in [6, 6.07) is 12.6. The fourth-order valence-electron chi connectivity index (χ4n) is 3.68. The second-order valence-electron chi connectivity index (χ2n) is 8.31. The molecule has 4 heteroatoms. The first kappa shape index (κ1) is 23.7. The lowest BCUT2D eigenvalue weighted by atomic mass is 10.0. The number of nitrogens with one attached hydrogen (secondary N) is 1. The zero-order valence-corrected chi connectivity index (χ0v) is 19.3. The molecule has 0 heterocycles. The highest BCUT2D eigenvalue weighted by Gasteiger charge is 2.16. The van der Waals surface area contributed by atoms with Crippen LogP contribution in [-0.2, 0) is 0 Å². The van der Waals surface area contributed by atoms with Gasteiger partial charge in [-0.05, 0) is 83.5 Å². The standard InChI is InChI=1S/C26H36N2O2/c1-8-13-30-24-9-10-25(20(4)17-24)22(6)28(7)12-11-21(5)27-26(29)23-15-18(2)14-19(3)16-23/h8-10,14-17,21-22H,1,11-13H2,2-7H3,(H,27,29)/t21-,22?/m0/s1. The third-order valence-corrected chi connectivity index (χ3v) is 5.50. The summed E-state index contributed by atoms with van der Waals surface area (Å²) < 4.78 is 5.63. The van der Waals surface area contributed by atoms with Crippen molar-refractivity contribution in [2.24, 2.45) is 0 Å². The van der Waals surface area contributed by atoms with Crippen LogP contribution in [0.3, 0.4) is 0 Å². The van der Waals surface area contributed by atoms with Crippen LogP contribution >= 0.6 is 0 Å². The molecule has 0 saturated carbocycles. The Morgan fingerprint density at radius 2 is 1.80 bits per heavy atom. The van der Waals surface area contributed by atoms with Gasteiger partial charge in [0.1, 0.15) is 12.4 Å². The number of ether oxygens (including phenoxy) is 1. The second kappa shape index (κ2) is 11.0. The number of carbonyl (C=O) groups is 1.